The maximum atomic E-state index is 12.7. The molecule has 0 saturated heterocycles. The van der Waals surface area contributed by atoms with E-state index in [0.29, 0.717) is 0 Å². The van der Waals surface area contributed by atoms with E-state index >= 15 is 0 Å². The third-order valence-corrected chi connectivity index (χ3v) is 3.35. The number of halogens is 3. The van der Waals surface area contributed by atoms with E-state index in [-0.39, 0.29) is 5.82 Å². The van der Waals surface area contributed by atoms with E-state index in [1.54, 1.807) is 12.1 Å². The first kappa shape index (κ1) is 11.9. The molecule has 0 spiro atoms. The third kappa shape index (κ3) is 2.95. The highest BCUT2D eigenvalue weighted by Crippen LogP contribution is 2.21. The van der Waals surface area contributed by atoms with Gasteiger partial charge in [0.05, 0.1) is 0 Å². The molecule has 0 aliphatic rings. The third-order valence-electron chi connectivity index (χ3n) is 2.32. The van der Waals surface area contributed by atoms with E-state index in [2.05, 4.69) is 22.6 Å². The van der Waals surface area contributed by atoms with Gasteiger partial charge in [-0.05, 0) is 64.4 Å². The molecule has 0 N–H and O–H groups in total. The van der Waals surface area contributed by atoms with Crippen LogP contribution in [0.3, 0.4) is 0 Å². The topological polar surface area (TPSA) is 0 Å². The summed E-state index contributed by atoms with van der Waals surface area (Å²) in [5.74, 6) is -0.211. The van der Waals surface area contributed by atoms with E-state index < -0.39 is 0 Å². The Morgan fingerprint density at radius 3 is 2.38 bits per heavy atom. The zero-order valence-corrected chi connectivity index (χ0v) is 11.3. The summed E-state index contributed by atoms with van der Waals surface area (Å²) in [4.78, 5) is 0. The molecule has 2 aromatic carbocycles. The molecule has 0 unspecified atom stereocenters. The van der Waals surface area contributed by atoms with Crippen LogP contribution in [0.25, 0.3) is 0 Å². The summed E-state index contributed by atoms with van der Waals surface area (Å²) in [6.07, 6.45) is 0.732. The minimum absolute atomic E-state index is 0.211. The standard InChI is InChI=1S/C13H9ClFI/c14-13-8-12(16)6-3-10(13)7-9-1-4-11(15)5-2-9/h1-6,8H,7H2. The number of hydrogen-bond acceptors (Lipinski definition) is 0. The minimum Gasteiger partial charge on any atom is -0.207 e. The van der Waals surface area contributed by atoms with Crippen molar-refractivity contribution in [2.24, 2.45) is 0 Å². The van der Waals surface area contributed by atoms with Gasteiger partial charge in [-0.1, -0.05) is 29.8 Å². The molecule has 0 aliphatic heterocycles. The van der Waals surface area contributed by atoms with Crippen molar-refractivity contribution < 1.29 is 4.39 Å². The smallest absolute Gasteiger partial charge is 0.123 e. The van der Waals surface area contributed by atoms with Gasteiger partial charge in [0.25, 0.3) is 0 Å². The van der Waals surface area contributed by atoms with Gasteiger partial charge in [-0.25, -0.2) is 4.39 Å². The van der Waals surface area contributed by atoms with E-state index in [1.165, 1.54) is 12.1 Å². The van der Waals surface area contributed by atoms with Crippen LogP contribution in [0.15, 0.2) is 42.5 Å². The van der Waals surface area contributed by atoms with Gasteiger partial charge < -0.3 is 0 Å². The van der Waals surface area contributed by atoms with Crippen LogP contribution in [0.1, 0.15) is 11.1 Å². The second kappa shape index (κ2) is 5.15. The van der Waals surface area contributed by atoms with E-state index in [9.17, 15) is 4.39 Å². The molecule has 0 amide bonds. The van der Waals surface area contributed by atoms with Crippen LogP contribution in [0, 0.1) is 9.39 Å². The fraction of sp³-hybridized carbons (Fsp3) is 0.0769. The Morgan fingerprint density at radius 1 is 1.06 bits per heavy atom. The molecule has 3 heteroatoms. The van der Waals surface area contributed by atoms with Crippen molar-refractivity contribution in [3.05, 3.63) is 68.0 Å². The monoisotopic (exact) mass is 346 g/mol. The molecule has 0 saturated carbocycles. The number of hydrogen-bond donors (Lipinski definition) is 0. The molecule has 0 nitrogen and oxygen atoms in total. The zero-order chi connectivity index (χ0) is 11.5. The highest BCUT2D eigenvalue weighted by molar-refractivity contribution is 14.1. The van der Waals surface area contributed by atoms with Crippen LogP contribution in [0.2, 0.25) is 5.02 Å². The van der Waals surface area contributed by atoms with Gasteiger partial charge in [-0.3, -0.25) is 0 Å². The maximum absolute atomic E-state index is 12.7. The van der Waals surface area contributed by atoms with Gasteiger partial charge in [0, 0.05) is 8.59 Å². The van der Waals surface area contributed by atoms with Crippen molar-refractivity contribution in [2.45, 2.75) is 6.42 Å². The van der Waals surface area contributed by atoms with Crippen molar-refractivity contribution in [3.8, 4) is 0 Å². The largest absolute Gasteiger partial charge is 0.207 e. The van der Waals surface area contributed by atoms with Crippen molar-refractivity contribution >= 4 is 34.2 Å². The molecule has 16 heavy (non-hydrogen) atoms. The average molecular weight is 347 g/mol. The average Bonchev–Trinajstić information content (AvgIpc) is 2.25. The molecule has 0 aliphatic carbocycles. The van der Waals surface area contributed by atoms with Crippen LogP contribution in [-0.4, -0.2) is 0 Å². The lowest BCUT2D eigenvalue weighted by molar-refractivity contribution is 0.627. The van der Waals surface area contributed by atoms with Crippen molar-refractivity contribution in [3.63, 3.8) is 0 Å². The summed E-state index contributed by atoms with van der Waals surface area (Å²) in [6, 6.07) is 12.5. The summed E-state index contributed by atoms with van der Waals surface area (Å²) in [5.41, 5.74) is 2.12. The summed E-state index contributed by atoms with van der Waals surface area (Å²) < 4.78 is 13.8. The fourth-order valence-electron chi connectivity index (χ4n) is 1.49. The van der Waals surface area contributed by atoms with E-state index in [0.717, 1.165) is 26.1 Å². The molecule has 82 valence electrons. The van der Waals surface area contributed by atoms with Crippen LogP contribution in [0.5, 0.6) is 0 Å². The first-order valence-corrected chi connectivity index (χ1v) is 6.29. The second-order valence-corrected chi connectivity index (χ2v) is 5.19. The molecule has 0 fully saturated rings. The van der Waals surface area contributed by atoms with Gasteiger partial charge >= 0.3 is 0 Å². The first-order valence-electron chi connectivity index (χ1n) is 4.83. The van der Waals surface area contributed by atoms with Crippen LogP contribution >= 0.6 is 34.2 Å². The predicted octanol–water partition coefficient (Wildman–Crippen LogP) is 4.67. The Morgan fingerprint density at radius 2 is 1.75 bits per heavy atom. The Balaban J connectivity index is 2.23. The molecule has 2 rings (SSSR count). The molecule has 2 aromatic rings. The molecular formula is C13H9ClFI. The fourth-order valence-corrected chi connectivity index (χ4v) is 2.41. The van der Waals surface area contributed by atoms with Gasteiger partial charge in [0.2, 0.25) is 0 Å². The second-order valence-electron chi connectivity index (χ2n) is 3.54. The first-order chi connectivity index (χ1) is 7.65. The van der Waals surface area contributed by atoms with Crippen molar-refractivity contribution in [1.29, 1.82) is 0 Å². The Labute approximate surface area is 113 Å². The highest BCUT2D eigenvalue weighted by Gasteiger charge is 2.02. The lowest BCUT2D eigenvalue weighted by atomic mass is 10.1. The Kier molecular flexibility index (Phi) is 3.82. The van der Waals surface area contributed by atoms with Gasteiger partial charge in [0.1, 0.15) is 5.82 Å². The van der Waals surface area contributed by atoms with Gasteiger partial charge in [-0.2, -0.15) is 0 Å². The molecular weight excluding hydrogens is 337 g/mol. The summed E-state index contributed by atoms with van der Waals surface area (Å²) >= 11 is 8.36. The predicted molar refractivity (Wildman–Crippen MR) is 73.4 cm³/mol. The normalized spacial score (nSPS) is 10.4. The molecule has 0 bridgehead atoms. The molecule has 0 heterocycles. The van der Waals surface area contributed by atoms with Gasteiger partial charge in [0.15, 0.2) is 0 Å². The lowest BCUT2D eigenvalue weighted by Gasteiger charge is -2.05. The Hall–Kier alpha value is -0.610. The van der Waals surface area contributed by atoms with Crippen LogP contribution < -0.4 is 0 Å². The molecule has 0 aromatic heterocycles. The number of rotatable bonds is 2. The quantitative estimate of drug-likeness (QED) is 0.693. The van der Waals surface area contributed by atoms with E-state index in [1.807, 2.05) is 18.2 Å². The molecule has 0 atom stereocenters. The SMILES string of the molecule is Fc1ccc(Cc2ccc(I)cc2Cl)cc1. The summed E-state index contributed by atoms with van der Waals surface area (Å²) in [7, 11) is 0. The number of benzene rings is 2. The van der Waals surface area contributed by atoms with Crippen molar-refractivity contribution in [1.82, 2.24) is 0 Å². The lowest BCUT2D eigenvalue weighted by Crippen LogP contribution is -1.90. The summed E-state index contributed by atoms with van der Waals surface area (Å²) in [6.45, 7) is 0. The molecule has 0 radical (unpaired) electrons. The van der Waals surface area contributed by atoms with Gasteiger partial charge in [-0.15, -0.1) is 0 Å². The zero-order valence-electron chi connectivity index (χ0n) is 8.38. The van der Waals surface area contributed by atoms with Crippen molar-refractivity contribution in [2.75, 3.05) is 0 Å². The van der Waals surface area contributed by atoms with Crippen LogP contribution in [-0.2, 0) is 6.42 Å². The highest BCUT2D eigenvalue weighted by atomic mass is 127. The Bertz CT molecular complexity index is 494. The maximum Gasteiger partial charge on any atom is 0.123 e. The minimum atomic E-state index is -0.211. The van der Waals surface area contributed by atoms with E-state index in [4.69, 9.17) is 11.6 Å². The summed E-state index contributed by atoms with van der Waals surface area (Å²) in [5, 5.41) is 0.760. The van der Waals surface area contributed by atoms with Crippen LogP contribution in [0.4, 0.5) is 4.39 Å².